The zero-order chi connectivity index (χ0) is 20.8. The standard InChI is InChI=1S/C19H20F3N3O3/c1-9-5-11(3)13(6-10(9)2)17(26)28-18(27)14-8-16-23-12(4)7-15(19(20,21)22)25(16)24-14/h5-6,8,12,15,23H,7H2,1-4H3/t12-,15+/m0/s1. The van der Waals surface area contributed by atoms with Crippen LogP contribution in [0.5, 0.6) is 0 Å². The molecule has 9 heteroatoms. The number of benzene rings is 1. The van der Waals surface area contributed by atoms with Crippen molar-refractivity contribution in [2.45, 2.75) is 52.4 Å². The summed E-state index contributed by atoms with van der Waals surface area (Å²) in [5, 5.41) is 6.59. The van der Waals surface area contributed by atoms with Crippen LogP contribution in [0.2, 0.25) is 0 Å². The van der Waals surface area contributed by atoms with Gasteiger partial charge in [0.15, 0.2) is 11.7 Å². The smallest absolute Gasteiger partial charge is 0.384 e. The lowest BCUT2D eigenvalue weighted by Gasteiger charge is -2.31. The van der Waals surface area contributed by atoms with Crippen molar-refractivity contribution in [2.75, 3.05) is 5.32 Å². The second-order valence-electron chi connectivity index (χ2n) is 7.13. The Morgan fingerprint density at radius 3 is 2.39 bits per heavy atom. The number of carbonyl (C=O) groups is 2. The molecule has 0 spiro atoms. The van der Waals surface area contributed by atoms with Crippen LogP contribution < -0.4 is 5.32 Å². The number of alkyl halides is 3. The molecule has 0 aliphatic carbocycles. The van der Waals surface area contributed by atoms with E-state index >= 15 is 0 Å². The number of esters is 2. The van der Waals surface area contributed by atoms with E-state index in [1.807, 2.05) is 13.8 Å². The van der Waals surface area contributed by atoms with Gasteiger partial charge < -0.3 is 10.1 Å². The number of fused-ring (bicyclic) bond motifs is 1. The second kappa shape index (κ2) is 6.96. The van der Waals surface area contributed by atoms with Crippen molar-refractivity contribution >= 4 is 17.8 Å². The Hall–Kier alpha value is -2.84. The van der Waals surface area contributed by atoms with Gasteiger partial charge in [-0.05, 0) is 56.9 Å². The zero-order valence-corrected chi connectivity index (χ0v) is 15.8. The Morgan fingerprint density at radius 2 is 1.75 bits per heavy atom. The van der Waals surface area contributed by atoms with Gasteiger partial charge in [-0.2, -0.15) is 18.3 Å². The molecule has 1 aliphatic rings. The maximum Gasteiger partial charge on any atom is 0.410 e. The maximum absolute atomic E-state index is 13.3. The summed E-state index contributed by atoms with van der Waals surface area (Å²) in [7, 11) is 0. The number of nitrogens with one attached hydrogen (secondary N) is 1. The number of carbonyl (C=O) groups excluding carboxylic acids is 2. The summed E-state index contributed by atoms with van der Waals surface area (Å²) in [5.41, 5.74) is 2.34. The summed E-state index contributed by atoms with van der Waals surface area (Å²) in [6.45, 7) is 7.03. The number of aryl methyl sites for hydroxylation is 3. The van der Waals surface area contributed by atoms with Crippen molar-refractivity contribution in [1.82, 2.24) is 9.78 Å². The van der Waals surface area contributed by atoms with Crippen LogP contribution in [-0.4, -0.2) is 33.9 Å². The fraction of sp³-hybridized carbons (Fsp3) is 0.421. The van der Waals surface area contributed by atoms with Crippen molar-refractivity contribution in [1.29, 1.82) is 0 Å². The van der Waals surface area contributed by atoms with Crippen LogP contribution in [0.4, 0.5) is 19.0 Å². The third kappa shape index (κ3) is 3.74. The van der Waals surface area contributed by atoms with E-state index in [0.717, 1.165) is 21.9 Å². The lowest BCUT2D eigenvalue weighted by Crippen LogP contribution is -2.37. The summed E-state index contributed by atoms with van der Waals surface area (Å²) in [5.74, 6) is -1.91. The number of nitrogens with zero attached hydrogens (tertiary/aromatic N) is 2. The molecule has 2 atom stereocenters. The fourth-order valence-corrected chi connectivity index (χ4v) is 3.23. The normalized spacial score (nSPS) is 19.0. The topological polar surface area (TPSA) is 73.2 Å². The first-order chi connectivity index (χ1) is 13.0. The summed E-state index contributed by atoms with van der Waals surface area (Å²) < 4.78 is 45.5. The fourth-order valence-electron chi connectivity index (χ4n) is 3.23. The van der Waals surface area contributed by atoms with Gasteiger partial charge in [0.2, 0.25) is 0 Å². The molecule has 0 radical (unpaired) electrons. The van der Waals surface area contributed by atoms with Gasteiger partial charge in [0.05, 0.1) is 5.56 Å². The predicted molar refractivity (Wildman–Crippen MR) is 95.4 cm³/mol. The maximum atomic E-state index is 13.3. The van der Waals surface area contributed by atoms with Crippen LogP contribution in [0.1, 0.15) is 56.9 Å². The molecule has 1 aromatic heterocycles. The van der Waals surface area contributed by atoms with Crippen LogP contribution in [0.3, 0.4) is 0 Å². The molecule has 150 valence electrons. The Labute approximate surface area is 159 Å². The quantitative estimate of drug-likeness (QED) is 0.612. The predicted octanol–water partition coefficient (Wildman–Crippen LogP) is 4.11. The molecular weight excluding hydrogens is 375 g/mol. The average Bonchev–Trinajstić information content (AvgIpc) is 3.00. The SMILES string of the molecule is Cc1cc(C)c(C(=O)OC(=O)c2cc3n(n2)[C@@H](C(F)(F)F)C[C@H](C)N3)cc1C. The monoisotopic (exact) mass is 395 g/mol. The van der Waals surface area contributed by atoms with Gasteiger partial charge in [0.1, 0.15) is 5.82 Å². The van der Waals surface area contributed by atoms with Crippen LogP contribution in [0.15, 0.2) is 18.2 Å². The third-order valence-electron chi connectivity index (χ3n) is 4.84. The van der Waals surface area contributed by atoms with E-state index in [0.29, 0.717) is 5.56 Å². The van der Waals surface area contributed by atoms with Crippen molar-refractivity contribution in [3.63, 3.8) is 0 Å². The summed E-state index contributed by atoms with van der Waals surface area (Å²) >= 11 is 0. The zero-order valence-electron chi connectivity index (χ0n) is 15.8. The van der Waals surface area contributed by atoms with E-state index in [1.54, 1.807) is 26.0 Å². The lowest BCUT2D eigenvalue weighted by atomic mass is 10.0. The number of ether oxygens (including phenoxy) is 1. The third-order valence-corrected chi connectivity index (χ3v) is 4.84. The highest BCUT2D eigenvalue weighted by atomic mass is 19.4. The highest BCUT2D eigenvalue weighted by molar-refractivity contribution is 6.02. The van der Waals surface area contributed by atoms with E-state index in [4.69, 9.17) is 4.74 Å². The van der Waals surface area contributed by atoms with E-state index in [9.17, 15) is 22.8 Å². The molecule has 0 bridgehead atoms. The number of anilines is 1. The van der Waals surface area contributed by atoms with Gasteiger partial charge in [-0.25, -0.2) is 14.3 Å². The van der Waals surface area contributed by atoms with Gasteiger partial charge in [-0.15, -0.1) is 0 Å². The van der Waals surface area contributed by atoms with E-state index < -0.39 is 30.2 Å². The molecule has 28 heavy (non-hydrogen) atoms. The van der Waals surface area contributed by atoms with Crippen LogP contribution >= 0.6 is 0 Å². The molecule has 2 heterocycles. The average molecular weight is 395 g/mol. The van der Waals surface area contributed by atoms with Crippen LogP contribution in [-0.2, 0) is 4.74 Å². The minimum absolute atomic E-state index is 0.0582. The summed E-state index contributed by atoms with van der Waals surface area (Å²) in [4.78, 5) is 24.7. The molecule has 0 fully saturated rings. The number of rotatable bonds is 2. The Kier molecular flexibility index (Phi) is 4.95. The molecule has 0 saturated carbocycles. The van der Waals surface area contributed by atoms with Gasteiger partial charge >= 0.3 is 18.1 Å². The number of halogens is 3. The van der Waals surface area contributed by atoms with Gasteiger partial charge in [0.25, 0.3) is 0 Å². The van der Waals surface area contributed by atoms with E-state index in [-0.39, 0.29) is 23.5 Å². The highest BCUT2D eigenvalue weighted by Crippen LogP contribution is 2.39. The molecular formula is C19H20F3N3O3. The largest absolute Gasteiger partial charge is 0.410 e. The van der Waals surface area contributed by atoms with Crippen LogP contribution in [0, 0.1) is 20.8 Å². The lowest BCUT2D eigenvalue weighted by molar-refractivity contribution is -0.173. The number of hydrogen-bond acceptors (Lipinski definition) is 5. The molecule has 2 aromatic rings. The van der Waals surface area contributed by atoms with Gasteiger partial charge in [0, 0.05) is 12.1 Å². The Bertz CT molecular complexity index is 950. The number of hydrogen-bond donors (Lipinski definition) is 1. The van der Waals surface area contributed by atoms with Crippen LogP contribution in [0.25, 0.3) is 0 Å². The van der Waals surface area contributed by atoms with Gasteiger partial charge in [-0.3, -0.25) is 0 Å². The Morgan fingerprint density at radius 1 is 1.11 bits per heavy atom. The Balaban J connectivity index is 1.85. The second-order valence-corrected chi connectivity index (χ2v) is 7.13. The van der Waals surface area contributed by atoms with Crippen molar-refractivity contribution < 1.29 is 27.5 Å². The minimum atomic E-state index is -4.51. The molecule has 1 N–H and O–H groups in total. The van der Waals surface area contributed by atoms with E-state index in [1.165, 1.54) is 0 Å². The first kappa shape index (κ1) is 19.9. The molecule has 1 aromatic carbocycles. The highest BCUT2D eigenvalue weighted by Gasteiger charge is 2.45. The number of aromatic nitrogens is 2. The molecule has 6 nitrogen and oxygen atoms in total. The summed E-state index contributed by atoms with van der Waals surface area (Å²) in [6, 6.07) is 2.28. The van der Waals surface area contributed by atoms with Crippen molar-refractivity contribution in [2.24, 2.45) is 0 Å². The summed E-state index contributed by atoms with van der Waals surface area (Å²) in [6.07, 6.45) is -4.72. The molecule has 0 unspecified atom stereocenters. The molecule has 1 aliphatic heterocycles. The molecule has 0 amide bonds. The van der Waals surface area contributed by atoms with Gasteiger partial charge in [-0.1, -0.05) is 6.07 Å². The molecule has 3 rings (SSSR count). The van der Waals surface area contributed by atoms with Crippen molar-refractivity contribution in [3.05, 3.63) is 46.1 Å². The molecule has 0 saturated heterocycles. The first-order valence-corrected chi connectivity index (χ1v) is 8.74. The van der Waals surface area contributed by atoms with Crippen molar-refractivity contribution in [3.8, 4) is 0 Å². The van der Waals surface area contributed by atoms with E-state index in [2.05, 4.69) is 10.4 Å². The first-order valence-electron chi connectivity index (χ1n) is 8.74. The minimum Gasteiger partial charge on any atom is -0.384 e.